The minimum Gasteiger partial charge on any atom is -0.207 e. The summed E-state index contributed by atoms with van der Waals surface area (Å²) in [7, 11) is 0. The van der Waals surface area contributed by atoms with Crippen LogP contribution in [0.15, 0.2) is 30.3 Å². The van der Waals surface area contributed by atoms with Crippen LogP contribution in [0.5, 0.6) is 0 Å². The van der Waals surface area contributed by atoms with E-state index >= 15 is 0 Å². The maximum atomic E-state index is 13.7. The first-order valence-electron chi connectivity index (χ1n) is 6.21. The Labute approximate surface area is 127 Å². The Morgan fingerprint density at radius 3 is 2.27 bits per heavy atom. The van der Waals surface area contributed by atoms with E-state index in [2.05, 4.69) is 10.2 Å². The summed E-state index contributed by atoms with van der Waals surface area (Å²) in [4.78, 5) is 0. The molecule has 0 fully saturated rings. The van der Waals surface area contributed by atoms with Crippen LogP contribution in [0, 0.1) is 30.2 Å². The van der Waals surface area contributed by atoms with Gasteiger partial charge in [0.1, 0.15) is 10.8 Å². The van der Waals surface area contributed by atoms with Crippen LogP contribution >= 0.6 is 11.3 Å². The second kappa shape index (κ2) is 5.49. The fraction of sp³-hybridized carbons (Fsp3) is 0.0667. The first kappa shape index (κ1) is 14.6. The smallest absolute Gasteiger partial charge is 0.195 e. The predicted octanol–water partition coefficient (Wildman–Crippen LogP) is 4.74. The lowest BCUT2D eigenvalue weighted by molar-refractivity contribution is 0.449. The molecule has 0 saturated carbocycles. The average molecular weight is 324 g/mol. The second-order valence-corrected chi connectivity index (χ2v) is 5.58. The summed E-state index contributed by atoms with van der Waals surface area (Å²) >= 11 is 0.964. The Morgan fingerprint density at radius 2 is 1.55 bits per heavy atom. The molecule has 0 N–H and O–H groups in total. The van der Waals surface area contributed by atoms with Crippen LogP contribution in [0.25, 0.3) is 21.1 Å². The molecule has 0 saturated heterocycles. The molecule has 0 atom stereocenters. The molecule has 0 unspecified atom stereocenters. The lowest BCUT2D eigenvalue weighted by atomic mass is 10.1. The third-order valence-corrected chi connectivity index (χ3v) is 4.11. The number of nitrogens with zero attached hydrogens (tertiary/aromatic N) is 2. The van der Waals surface area contributed by atoms with Crippen molar-refractivity contribution in [2.45, 2.75) is 6.92 Å². The first-order chi connectivity index (χ1) is 10.5. The molecule has 1 aromatic heterocycles. The van der Waals surface area contributed by atoms with Crippen LogP contribution < -0.4 is 0 Å². The number of benzene rings is 2. The van der Waals surface area contributed by atoms with Gasteiger partial charge >= 0.3 is 0 Å². The fourth-order valence-electron chi connectivity index (χ4n) is 1.87. The Kier molecular flexibility index (Phi) is 3.66. The van der Waals surface area contributed by atoms with Crippen molar-refractivity contribution in [3.8, 4) is 21.1 Å². The Balaban J connectivity index is 2.04. The van der Waals surface area contributed by atoms with Crippen LogP contribution in [-0.2, 0) is 0 Å². The molecule has 22 heavy (non-hydrogen) atoms. The molecular formula is C15H8F4N2S. The molecule has 0 aliphatic heterocycles. The normalized spacial score (nSPS) is 11.0. The van der Waals surface area contributed by atoms with Gasteiger partial charge in [0, 0.05) is 5.56 Å². The number of halogens is 4. The molecule has 0 bridgehead atoms. The summed E-state index contributed by atoms with van der Waals surface area (Å²) in [6.45, 7) is 1.63. The molecule has 0 spiro atoms. The highest BCUT2D eigenvalue weighted by Gasteiger charge is 2.18. The molecule has 0 aliphatic carbocycles. The third kappa shape index (κ3) is 2.48. The van der Waals surface area contributed by atoms with Crippen LogP contribution in [0.2, 0.25) is 0 Å². The molecule has 3 rings (SSSR count). The summed E-state index contributed by atoms with van der Waals surface area (Å²) < 4.78 is 53.5. The highest BCUT2D eigenvalue weighted by molar-refractivity contribution is 7.17. The van der Waals surface area contributed by atoms with Crippen molar-refractivity contribution in [1.29, 1.82) is 0 Å². The van der Waals surface area contributed by atoms with Crippen molar-refractivity contribution in [1.82, 2.24) is 10.2 Å². The minimum atomic E-state index is -1.56. The zero-order valence-electron chi connectivity index (χ0n) is 11.2. The van der Waals surface area contributed by atoms with Gasteiger partial charge in [0.05, 0.1) is 5.56 Å². The number of aromatic nitrogens is 2. The van der Waals surface area contributed by atoms with Gasteiger partial charge in [0.25, 0.3) is 0 Å². The first-order valence-corrected chi connectivity index (χ1v) is 7.03. The SMILES string of the molecule is Cc1ccc(-c2nnc(-c3ccc(F)c(F)c3F)s2)cc1F. The highest BCUT2D eigenvalue weighted by atomic mass is 32.1. The maximum Gasteiger partial charge on any atom is 0.195 e. The summed E-state index contributed by atoms with van der Waals surface area (Å²) in [5.74, 6) is -4.55. The molecule has 0 amide bonds. The van der Waals surface area contributed by atoms with Crippen LogP contribution in [0.3, 0.4) is 0 Å². The highest BCUT2D eigenvalue weighted by Crippen LogP contribution is 2.33. The molecule has 2 nitrogen and oxygen atoms in total. The lowest BCUT2D eigenvalue weighted by Gasteiger charge is -2.00. The minimum absolute atomic E-state index is 0.0902. The van der Waals surface area contributed by atoms with E-state index < -0.39 is 23.3 Å². The van der Waals surface area contributed by atoms with E-state index in [4.69, 9.17) is 0 Å². The van der Waals surface area contributed by atoms with E-state index in [9.17, 15) is 17.6 Å². The van der Waals surface area contributed by atoms with Gasteiger partial charge in [-0.25, -0.2) is 17.6 Å². The number of rotatable bonds is 2. The molecule has 0 radical (unpaired) electrons. The van der Waals surface area contributed by atoms with Crippen LogP contribution in [-0.4, -0.2) is 10.2 Å². The van der Waals surface area contributed by atoms with Crippen molar-refractivity contribution < 1.29 is 17.6 Å². The van der Waals surface area contributed by atoms with Crippen LogP contribution in [0.4, 0.5) is 17.6 Å². The van der Waals surface area contributed by atoms with E-state index in [1.54, 1.807) is 19.1 Å². The second-order valence-electron chi connectivity index (χ2n) is 4.60. The Morgan fingerprint density at radius 1 is 0.818 bits per heavy atom. The molecular weight excluding hydrogens is 316 g/mol. The van der Waals surface area contributed by atoms with Crippen molar-refractivity contribution >= 4 is 11.3 Å². The van der Waals surface area contributed by atoms with Gasteiger partial charge in [0.2, 0.25) is 0 Å². The van der Waals surface area contributed by atoms with Crippen molar-refractivity contribution in [2.75, 3.05) is 0 Å². The molecule has 7 heteroatoms. The Bertz CT molecular complexity index is 861. The predicted molar refractivity (Wildman–Crippen MR) is 75.4 cm³/mol. The van der Waals surface area contributed by atoms with Gasteiger partial charge in [-0.15, -0.1) is 10.2 Å². The van der Waals surface area contributed by atoms with Gasteiger partial charge in [-0.2, -0.15) is 0 Å². The van der Waals surface area contributed by atoms with Gasteiger partial charge in [-0.1, -0.05) is 23.5 Å². The average Bonchev–Trinajstić information content (AvgIpc) is 2.97. The van der Waals surface area contributed by atoms with E-state index in [0.29, 0.717) is 16.1 Å². The van der Waals surface area contributed by atoms with Crippen LogP contribution in [0.1, 0.15) is 5.56 Å². The largest absolute Gasteiger partial charge is 0.207 e. The Hall–Kier alpha value is -2.28. The van der Waals surface area contributed by atoms with Crippen molar-refractivity contribution in [3.63, 3.8) is 0 Å². The number of hydrogen-bond donors (Lipinski definition) is 0. The quantitative estimate of drug-likeness (QED) is 0.503. The summed E-state index contributed by atoms with van der Waals surface area (Å²) in [6, 6.07) is 6.45. The lowest BCUT2D eigenvalue weighted by Crippen LogP contribution is -1.93. The zero-order valence-corrected chi connectivity index (χ0v) is 12.0. The number of hydrogen-bond acceptors (Lipinski definition) is 3. The van der Waals surface area contributed by atoms with Gasteiger partial charge in [-0.05, 0) is 30.7 Å². The van der Waals surface area contributed by atoms with E-state index in [-0.39, 0.29) is 10.6 Å². The van der Waals surface area contributed by atoms with E-state index in [1.807, 2.05) is 0 Å². The number of aryl methyl sites for hydroxylation is 1. The summed E-state index contributed by atoms with van der Waals surface area (Å²) in [5, 5.41) is 8.06. The summed E-state index contributed by atoms with van der Waals surface area (Å²) in [5.41, 5.74) is 0.783. The van der Waals surface area contributed by atoms with Crippen molar-refractivity contribution in [3.05, 3.63) is 59.2 Å². The van der Waals surface area contributed by atoms with Gasteiger partial charge < -0.3 is 0 Å². The third-order valence-electron chi connectivity index (χ3n) is 3.11. The van der Waals surface area contributed by atoms with E-state index in [1.165, 1.54) is 6.07 Å². The summed E-state index contributed by atoms with van der Waals surface area (Å²) in [6.07, 6.45) is 0. The molecule has 2 aromatic carbocycles. The zero-order chi connectivity index (χ0) is 15.9. The fourth-order valence-corrected chi connectivity index (χ4v) is 2.72. The standard InChI is InChI=1S/C15H8F4N2S/c1-7-2-3-8(6-11(7)17)14-20-21-15(22-14)9-4-5-10(16)13(19)12(9)18/h2-6H,1H3. The molecule has 1 heterocycles. The molecule has 3 aromatic rings. The topological polar surface area (TPSA) is 25.8 Å². The van der Waals surface area contributed by atoms with Gasteiger partial charge in [0.15, 0.2) is 22.5 Å². The maximum absolute atomic E-state index is 13.7. The van der Waals surface area contributed by atoms with Crippen molar-refractivity contribution in [2.24, 2.45) is 0 Å². The van der Waals surface area contributed by atoms with Gasteiger partial charge in [-0.3, -0.25) is 0 Å². The molecule has 112 valence electrons. The monoisotopic (exact) mass is 324 g/mol. The molecule has 0 aliphatic rings. The van der Waals surface area contributed by atoms with E-state index in [0.717, 1.165) is 23.5 Å².